The van der Waals surface area contributed by atoms with Gasteiger partial charge in [0.15, 0.2) is 11.6 Å². The van der Waals surface area contributed by atoms with Gasteiger partial charge in [-0.05, 0) is 60.7 Å². The molecule has 0 radical (unpaired) electrons. The summed E-state index contributed by atoms with van der Waals surface area (Å²) >= 11 is 0. The lowest BCUT2D eigenvalue weighted by Gasteiger charge is -2.07. The van der Waals surface area contributed by atoms with E-state index in [-0.39, 0.29) is 24.5 Å². The number of carbonyl (C=O) groups excluding carboxylic acids is 2. The molecule has 7 heteroatoms. The van der Waals surface area contributed by atoms with E-state index in [2.05, 4.69) is 20.5 Å². The van der Waals surface area contributed by atoms with Crippen LogP contribution in [0.25, 0.3) is 11.4 Å². The molecule has 4 rings (SSSR count). The quantitative estimate of drug-likeness (QED) is 0.538. The van der Waals surface area contributed by atoms with Crippen molar-refractivity contribution in [2.45, 2.75) is 38.6 Å². The number of benzene rings is 2. The Hall–Kier alpha value is -3.32. The summed E-state index contributed by atoms with van der Waals surface area (Å²) in [6.07, 6.45) is 3.63. The highest BCUT2D eigenvalue weighted by molar-refractivity contribution is 6.00. The molecule has 1 amide bonds. The van der Waals surface area contributed by atoms with Crippen molar-refractivity contribution in [2.24, 2.45) is 5.73 Å². The summed E-state index contributed by atoms with van der Waals surface area (Å²) in [6, 6.07) is 13.1. The van der Waals surface area contributed by atoms with E-state index in [0.717, 1.165) is 24.8 Å². The fraction of sp³-hybridized carbons (Fsp3) is 0.273. The van der Waals surface area contributed by atoms with Crippen LogP contribution in [0.15, 0.2) is 42.5 Å². The fourth-order valence-corrected chi connectivity index (χ4v) is 3.56. The standard InChI is InChI=1S/C22H23N5O2/c23-13-20-25-22(27-26-20)15-6-8-18(9-7-15)24-21(29)11-10-19(28)17-5-4-14-2-1-3-16(14)12-17/h4-9,12H,1-3,10-11,13,23H2,(H,24,29)(H,25,26,27). The molecule has 7 nitrogen and oxygen atoms in total. The smallest absolute Gasteiger partial charge is 0.224 e. The first-order valence-electron chi connectivity index (χ1n) is 9.79. The fourth-order valence-electron chi connectivity index (χ4n) is 3.56. The molecule has 1 aliphatic rings. The Bertz CT molecular complexity index is 1040. The van der Waals surface area contributed by atoms with Crippen molar-refractivity contribution in [3.05, 3.63) is 65.0 Å². The van der Waals surface area contributed by atoms with Crippen LogP contribution in [0, 0.1) is 0 Å². The summed E-state index contributed by atoms with van der Waals surface area (Å²) in [6.45, 7) is 0.297. The Morgan fingerprint density at radius 3 is 2.59 bits per heavy atom. The molecule has 1 aliphatic carbocycles. The second-order valence-electron chi connectivity index (χ2n) is 7.20. The largest absolute Gasteiger partial charge is 0.326 e. The second kappa shape index (κ2) is 8.36. The Morgan fingerprint density at radius 1 is 1.03 bits per heavy atom. The number of nitrogens with one attached hydrogen (secondary N) is 2. The lowest BCUT2D eigenvalue weighted by atomic mass is 10.0. The van der Waals surface area contributed by atoms with Gasteiger partial charge in [-0.3, -0.25) is 14.7 Å². The van der Waals surface area contributed by atoms with Crippen LogP contribution < -0.4 is 11.1 Å². The molecule has 0 atom stereocenters. The van der Waals surface area contributed by atoms with Gasteiger partial charge in [-0.25, -0.2) is 4.98 Å². The van der Waals surface area contributed by atoms with Gasteiger partial charge in [0.2, 0.25) is 5.91 Å². The van der Waals surface area contributed by atoms with Crippen molar-refractivity contribution in [1.29, 1.82) is 0 Å². The number of hydrogen-bond acceptors (Lipinski definition) is 5. The van der Waals surface area contributed by atoms with E-state index in [1.807, 2.05) is 30.3 Å². The molecule has 0 unspecified atom stereocenters. The lowest BCUT2D eigenvalue weighted by Crippen LogP contribution is -2.13. The number of anilines is 1. The van der Waals surface area contributed by atoms with Crippen molar-refractivity contribution in [1.82, 2.24) is 15.2 Å². The maximum Gasteiger partial charge on any atom is 0.224 e. The number of H-pyrrole nitrogens is 1. The molecule has 1 aromatic heterocycles. The van der Waals surface area contributed by atoms with Crippen LogP contribution in [-0.4, -0.2) is 26.9 Å². The first-order valence-corrected chi connectivity index (χ1v) is 9.79. The SMILES string of the molecule is NCc1nc(-c2ccc(NC(=O)CCC(=O)c3ccc4c(c3)CCC4)cc2)n[nH]1. The molecule has 0 saturated heterocycles. The summed E-state index contributed by atoms with van der Waals surface area (Å²) in [7, 11) is 0. The van der Waals surface area contributed by atoms with E-state index in [4.69, 9.17) is 5.73 Å². The number of amides is 1. The Kier molecular flexibility index (Phi) is 5.48. The molecule has 2 aromatic carbocycles. The summed E-state index contributed by atoms with van der Waals surface area (Å²) in [5.74, 6) is 0.995. The minimum absolute atomic E-state index is 0.00510. The minimum Gasteiger partial charge on any atom is -0.326 e. The zero-order valence-corrected chi connectivity index (χ0v) is 16.1. The van der Waals surface area contributed by atoms with Crippen LogP contribution in [0.2, 0.25) is 0 Å². The molecule has 3 aromatic rings. The van der Waals surface area contributed by atoms with Crippen molar-refractivity contribution >= 4 is 17.4 Å². The average molecular weight is 389 g/mol. The number of aromatic nitrogens is 3. The first-order chi connectivity index (χ1) is 14.1. The predicted octanol–water partition coefficient (Wildman–Crippen LogP) is 3.02. The van der Waals surface area contributed by atoms with Gasteiger partial charge >= 0.3 is 0 Å². The number of aryl methyl sites for hydroxylation is 2. The molecule has 29 heavy (non-hydrogen) atoms. The molecular formula is C22H23N5O2. The molecular weight excluding hydrogens is 366 g/mol. The third-order valence-electron chi connectivity index (χ3n) is 5.15. The van der Waals surface area contributed by atoms with Crippen molar-refractivity contribution in [3.8, 4) is 11.4 Å². The number of rotatable bonds is 7. The molecule has 0 saturated carbocycles. The van der Waals surface area contributed by atoms with E-state index < -0.39 is 0 Å². The number of hydrogen-bond donors (Lipinski definition) is 3. The van der Waals surface area contributed by atoms with E-state index in [1.54, 1.807) is 12.1 Å². The summed E-state index contributed by atoms with van der Waals surface area (Å²) in [4.78, 5) is 28.9. The number of nitrogens with zero attached hydrogens (tertiary/aromatic N) is 2. The molecule has 148 valence electrons. The number of ketones is 1. The average Bonchev–Trinajstić information content (AvgIpc) is 3.41. The zero-order valence-electron chi connectivity index (χ0n) is 16.1. The number of aromatic amines is 1. The Labute approximate surface area is 168 Å². The highest BCUT2D eigenvalue weighted by atomic mass is 16.2. The van der Waals surface area contributed by atoms with E-state index >= 15 is 0 Å². The highest BCUT2D eigenvalue weighted by Crippen LogP contribution is 2.23. The molecule has 1 heterocycles. The number of fused-ring (bicyclic) bond motifs is 1. The monoisotopic (exact) mass is 389 g/mol. The van der Waals surface area contributed by atoms with Crippen LogP contribution in [0.4, 0.5) is 5.69 Å². The predicted molar refractivity (Wildman–Crippen MR) is 110 cm³/mol. The van der Waals surface area contributed by atoms with E-state index in [0.29, 0.717) is 29.4 Å². The molecule has 0 bridgehead atoms. The normalized spacial score (nSPS) is 12.6. The highest BCUT2D eigenvalue weighted by Gasteiger charge is 2.15. The lowest BCUT2D eigenvalue weighted by molar-refractivity contribution is -0.116. The van der Waals surface area contributed by atoms with Crippen LogP contribution in [0.1, 0.15) is 46.6 Å². The second-order valence-corrected chi connectivity index (χ2v) is 7.20. The van der Waals surface area contributed by atoms with Gasteiger partial charge in [0.1, 0.15) is 5.82 Å². The number of Topliss-reactive ketones (excluding diaryl/α,β-unsaturated/α-hetero) is 1. The van der Waals surface area contributed by atoms with Gasteiger partial charge in [0.05, 0.1) is 6.54 Å². The van der Waals surface area contributed by atoms with Crippen LogP contribution in [0.3, 0.4) is 0 Å². The summed E-state index contributed by atoms with van der Waals surface area (Å²) in [5.41, 5.74) is 10.3. The van der Waals surface area contributed by atoms with Gasteiger partial charge in [0, 0.05) is 29.7 Å². The zero-order chi connectivity index (χ0) is 20.2. The minimum atomic E-state index is -0.185. The molecule has 4 N–H and O–H groups in total. The van der Waals surface area contributed by atoms with Gasteiger partial charge in [-0.15, -0.1) is 0 Å². The first kappa shape index (κ1) is 19.0. The third kappa shape index (κ3) is 4.41. The van der Waals surface area contributed by atoms with Crippen LogP contribution >= 0.6 is 0 Å². The molecule has 0 fully saturated rings. The van der Waals surface area contributed by atoms with Crippen molar-refractivity contribution < 1.29 is 9.59 Å². The maximum absolute atomic E-state index is 12.4. The van der Waals surface area contributed by atoms with E-state index in [1.165, 1.54) is 11.1 Å². The van der Waals surface area contributed by atoms with E-state index in [9.17, 15) is 9.59 Å². The maximum atomic E-state index is 12.4. The summed E-state index contributed by atoms with van der Waals surface area (Å²) in [5, 5.41) is 9.70. The van der Waals surface area contributed by atoms with Crippen LogP contribution in [0.5, 0.6) is 0 Å². The van der Waals surface area contributed by atoms with Gasteiger partial charge in [-0.2, -0.15) is 5.10 Å². The molecule has 0 spiro atoms. The van der Waals surface area contributed by atoms with Crippen molar-refractivity contribution in [3.63, 3.8) is 0 Å². The van der Waals surface area contributed by atoms with Gasteiger partial charge < -0.3 is 11.1 Å². The third-order valence-corrected chi connectivity index (χ3v) is 5.15. The van der Waals surface area contributed by atoms with Gasteiger partial charge in [0.25, 0.3) is 0 Å². The number of nitrogens with two attached hydrogens (primary N) is 1. The van der Waals surface area contributed by atoms with Crippen molar-refractivity contribution in [2.75, 3.05) is 5.32 Å². The van der Waals surface area contributed by atoms with Crippen LogP contribution in [-0.2, 0) is 24.2 Å². The topological polar surface area (TPSA) is 114 Å². The van der Waals surface area contributed by atoms with Gasteiger partial charge in [-0.1, -0.05) is 12.1 Å². The Balaban J connectivity index is 1.30. The summed E-state index contributed by atoms with van der Waals surface area (Å²) < 4.78 is 0. The molecule has 0 aliphatic heterocycles. The number of carbonyl (C=O) groups is 2. The Morgan fingerprint density at radius 2 is 1.83 bits per heavy atom.